The molecule has 0 amide bonds. The summed E-state index contributed by atoms with van der Waals surface area (Å²) in [5.74, 6) is 0. The van der Waals surface area contributed by atoms with Crippen molar-refractivity contribution < 1.29 is 5.11 Å². The second-order valence-corrected chi connectivity index (χ2v) is 4.33. The van der Waals surface area contributed by atoms with Crippen LogP contribution in [0.2, 0.25) is 0 Å². The Morgan fingerprint density at radius 2 is 1.79 bits per heavy atom. The van der Waals surface area contributed by atoms with Crippen molar-refractivity contribution in [1.82, 2.24) is 0 Å². The lowest BCUT2D eigenvalue weighted by atomic mass is 10.0. The van der Waals surface area contributed by atoms with Gasteiger partial charge in [0.1, 0.15) is 0 Å². The molecule has 0 atom stereocenters. The molecule has 0 aliphatic rings. The number of benzene rings is 1. The van der Waals surface area contributed by atoms with Gasteiger partial charge in [0, 0.05) is 0 Å². The maximum atomic E-state index is 9.49. The van der Waals surface area contributed by atoms with Crippen LogP contribution < -0.4 is 0 Å². The Morgan fingerprint density at radius 1 is 1.21 bits per heavy atom. The summed E-state index contributed by atoms with van der Waals surface area (Å²) >= 11 is 0. The molecule has 0 saturated carbocycles. The Morgan fingerprint density at radius 3 is 2.29 bits per heavy atom. The predicted octanol–water partition coefficient (Wildman–Crippen LogP) is 3.17. The van der Waals surface area contributed by atoms with Crippen molar-refractivity contribution in [2.24, 2.45) is 0 Å². The Hall–Kier alpha value is -1.08. The fourth-order valence-corrected chi connectivity index (χ4v) is 1.16. The minimum absolute atomic E-state index is 0.610. The van der Waals surface area contributed by atoms with Gasteiger partial charge in [-0.05, 0) is 32.8 Å². The van der Waals surface area contributed by atoms with Crippen molar-refractivity contribution in [2.45, 2.75) is 32.8 Å². The van der Waals surface area contributed by atoms with Crippen LogP contribution in [0.1, 0.15) is 31.4 Å². The number of aryl methyl sites for hydroxylation is 1. The van der Waals surface area contributed by atoms with Gasteiger partial charge in [-0.3, -0.25) is 0 Å². The van der Waals surface area contributed by atoms with Gasteiger partial charge in [-0.2, -0.15) is 0 Å². The van der Waals surface area contributed by atoms with Crippen LogP contribution in [0.5, 0.6) is 0 Å². The zero-order chi connectivity index (χ0) is 10.6. The molecule has 1 heteroatoms. The third kappa shape index (κ3) is 4.24. The van der Waals surface area contributed by atoms with Gasteiger partial charge in [-0.25, -0.2) is 0 Å². The monoisotopic (exact) mass is 190 g/mol. The Bertz CT molecular complexity index is 301. The summed E-state index contributed by atoms with van der Waals surface area (Å²) in [6.07, 6.45) is 4.73. The van der Waals surface area contributed by atoms with E-state index in [4.69, 9.17) is 0 Å². The van der Waals surface area contributed by atoms with Gasteiger partial charge in [0.2, 0.25) is 0 Å². The van der Waals surface area contributed by atoms with Crippen LogP contribution in [0.25, 0.3) is 6.08 Å². The van der Waals surface area contributed by atoms with Crippen molar-refractivity contribution >= 4 is 6.08 Å². The zero-order valence-electron chi connectivity index (χ0n) is 9.12. The van der Waals surface area contributed by atoms with Gasteiger partial charge in [0.15, 0.2) is 0 Å². The molecular formula is C13H18O. The van der Waals surface area contributed by atoms with Gasteiger partial charge in [0.05, 0.1) is 5.60 Å². The van der Waals surface area contributed by atoms with Crippen molar-refractivity contribution in [2.75, 3.05) is 0 Å². The molecule has 76 valence electrons. The first-order chi connectivity index (χ1) is 6.47. The first-order valence-electron chi connectivity index (χ1n) is 4.93. The third-order valence-corrected chi connectivity index (χ3v) is 2.01. The molecule has 0 fully saturated rings. The Balaban J connectivity index is 2.57. The number of aliphatic hydroxyl groups is 1. The van der Waals surface area contributed by atoms with E-state index in [2.05, 4.69) is 31.2 Å². The average molecular weight is 190 g/mol. The van der Waals surface area contributed by atoms with Gasteiger partial charge in [-0.1, -0.05) is 42.0 Å². The molecule has 0 spiro atoms. The van der Waals surface area contributed by atoms with E-state index < -0.39 is 5.60 Å². The van der Waals surface area contributed by atoms with Crippen LogP contribution in [0.15, 0.2) is 30.3 Å². The van der Waals surface area contributed by atoms with Crippen LogP contribution in [-0.4, -0.2) is 10.7 Å². The molecule has 1 nitrogen and oxygen atoms in total. The van der Waals surface area contributed by atoms with E-state index in [1.165, 1.54) is 11.1 Å². The molecule has 0 saturated heterocycles. The van der Waals surface area contributed by atoms with Gasteiger partial charge >= 0.3 is 0 Å². The van der Waals surface area contributed by atoms with E-state index in [9.17, 15) is 5.11 Å². The topological polar surface area (TPSA) is 20.2 Å². The lowest BCUT2D eigenvalue weighted by Gasteiger charge is -2.13. The summed E-state index contributed by atoms with van der Waals surface area (Å²) in [5, 5.41) is 9.49. The largest absolute Gasteiger partial charge is 0.390 e. The minimum atomic E-state index is -0.610. The molecule has 0 aromatic heterocycles. The van der Waals surface area contributed by atoms with E-state index in [0.717, 1.165) is 0 Å². The van der Waals surface area contributed by atoms with Gasteiger partial charge < -0.3 is 5.11 Å². The third-order valence-electron chi connectivity index (χ3n) is 2.01. The van der Waals surface area contributed by atoms with E-state index in [-0.39, 0.29) is 0 Å². The molecule has 0 radical (unpaired) electrons. The summed E-state index contributed by atoms with van der Waals surface area (Å²) in [6, 6.07) is 8.33. The van der Waals surface area contributed by atoms with Crippen LogP contribution in [0, 0.1) is 6.92 Å². The first-order valence-corrected chi connectivity index (χ1v) is 4.93. The molecule has 1 N–H and O–H groups in total. The number of hydrogen-bond donors (Lipinski definition) is 1. The van der Waals surface area contributed by atoms with Crippen LogP contribution in [0.3, 0.4) is 0 Å². The lowest BCUT2D eigenvalue weighted by molar-refractivity contribution is 0.0841. The summed E-state index contributed by atoms with van der Waals surface area (Å²) < 4.78 is 0. The number of hydrogen-bond acceptors (Lipinski definition) is 1. The summed E-state index contributed by atoms with van der Waals surface area (Å²) in [6.45, 7) is 5.70. The maximum Gasteiger partial charge on any atom is 0.0626 e. The van der Waals surface area contributed by atoms with E-state index >= 15 is 0 Å². The van der Waals surface area contributed by atoms with E-state index in [1.54, 1.807) is 0 Å². The fourth-order valence-electron chi connectivity index (χ4n) is 1.16. The van der Waals surface area contributed by atoms with Crippen molar-refractivity contribution in [1.29, 1.82) is 0 Å². The Labute approximate surface area is 86.1 Å². The first kappa shape index (κ1) is 11.0. The molecule has 14 heavy (non-hydrogen) atoms. The highest BCUT2D eigenvalue weighted by Crippen LogP contribution is 2.10. The highest BCUT2D eigenvalue weighted by molar-refractivity contribution is 5.49. The normalized spacial score (nSPS) is 12.3. The molecule has 1 aromatic rings. The highest BCUT2D eigenvalue weighted by Gasteiger charge is 2.08. The molecule has 0 bridgehead atoms. The summed E-state index contributed by atoms with van der Waals surface area (Å²) in [4.78, 5) is 0. The Kier molecular flexibility index (Phi) is 3.48. The quantitative estimate of drug-likeness (QED) is 0.776. The van der Waals surface area contributed by atoms with Crippen molar-refractivity contribution in [3.63, 3.8) is 0 Å². The van der Waals surface area contributed by atoms with Crippen molar-refractivity contribution in [3.05, 3.63) is 41.5 Å². The highest BCUT2D eigenvalue weighted by atomic mass is 16.3. The molecule has 0 heterocycles. The molecular weight excluding hydrogens is 172 g/mol. The van der Waals surface area contributed by atoms with E-state index in [0.29, 0.717) is 6.42 Å². The van der Waals surface area contributed by atoms with Gasteiger partial charge in [0.25, 0.3) is 0 Å². The lowest BCUT2D eigenvalue weighted by Crippen LogP contribution is -2.16. The summed E-state index contributed by atoms with van der Waals surface area (Å²) in [7, 11) is 0. The summed E-state index contributed by atoms with van der Waals surface area (Å²) in [5.41, 5.74) is 1.84. The zero-order valence-corrected chi connectivity index (χ0v) is 9.12. The van der Waals surface area contributed by atoms with Crippen LogP contribution in [0.4, 0.5) is 0 Å². The van der Waals surface area contributed by atoms with Gasteiger partial charge in [-0.15, -0.1) is 0 Å². The fraction of sp³-hybridized carbons (Fsp3) is 0.385. The number of rotatable bonds is 3. The molecule has 1 aromatic carbocycles. The van der Waals surface area contributed by atoms with Crippen LogP contribution >= 0.6 is 0 Å². The SMILES string of the molecule is Cc1ccc(/C=C/CC(C)(C)O)cc1. The molecule has 0 unspecified atom stereocenters. The maximum absolute atomic E-state index is 9.49. The molecule has 0 aliphatic carbocycles. The second-order valence-electron chi connectivity index (χ2n) is 4.33. The van der Waals surface area contributed by atoms with Crippen LogP contribution in [-0.2, 0) is 0 Å². The molecule has 0 aliphatic heterocycles. The molecule has 1 rings (SSSR count). The predicted molar refractivity (Wildman–Crippen MR) is 61.1 cm³/mol. The van der Waals surface area contributed by atoms with E-state index in [1.807, 2.05) is 26.0 Å². The van der Waals surface area contributed by atoms with Crippen molar-refractivity contribution in [3.8, 4) is 0 Å². The smallest absolute Gasteiger partial charge is 0.0626 e. The minimum Gasteiger partial charge on any atom is -0.390 e. The second kappa shape index (κ2) is 4.43. The average Bonchev–Trinajstić information content (AvgIpc) is 2.06. The standard InChI is InChI=1S/C13H18O/c1-11-6-8-12(9-7-11)5-4-10-13(2,3)14/h4-9,14H,10H2,1-3H3/b5-4+.